The van der Waals surface area contributed by atoms with E-state index in [2.05, 4.69) is 9.88 Å². The quantitative estimate of drug-likeness (QED) is 0.734. The van der Waals surface area contributed by atoms with Crippen molar-refractivity contribution >= 4 is 16.7 Å². The van der Waals surface area contributed by atoms with Crippen molar-refractivity contribution in [2.45, 2.75) is 12.8 Å². The molecule has 1 aromatic carbocycles. The van der Waals surface area contributed by atoms with Gasteiger partial charge in [-0.1, -0.05) is 12.1 Å². The Kier molecular flexibility index (Phi) is 4.53. The number of benzene rings is 1. The van der Waals surface area contributed by atoms with Gasteiger partial charge in [-0.25, -0.2) is 9.97 Å². The van der Waals surface area contributed by atoms with Gasteiger partial charge in [0.15, 0.2) is 5.82 Å². The second-order valence-corrected chi connectivity index (χ2v) is 6.93. The van der Waals surface area contributed by atoms with Crippen molar-refractivity contribution in [1.29, 1.82) is 0 Å². The maximum absolute atomic E-state index is 9.88. The third-order valence-electron chi connectivity index (χ3n) is 5.24. The molecule has 2 N–H and O–H groups in total. The lowest BCUT2D eigenvalue weighted by Gasteiger charge is -2.27. The van der Waals surface area contributed by atoms with Crippen LogP contribution >= 0.6 is 0 Å². The highest BCUT2D eigenvalue weighted by Gasteiger charge is 2.38. The van der Waals surface area contributed by atoms with Gasteiger partial charge >= 0.3 is 0 Å². The summed E-state index contributed by atoms with van der Waals surface area (Å²) >= 11 is 0. The molecule has 0 radical (unpaired) electrons. The summed E-state index contributed by atoms with van der Waals surface area (Å²) in [6.07, 6.45) is 4.91. The zero-order chi connectivity index (χ0) is 18.0. The van der Waals surface area contributed by atoms with Gasteiger partial charge in [-0.2, -0.15) is 0 Å². The van der Waals surface area contributed by atoms with Crippen LogP contribution in [0.25, 0.3) is 22.3 Å². The lowest BCUT2D eigenvalue weighted by atomic mass is 9.85. The van der Waals surface area contributed by atoms with Gasteiger partial charge in [0.2, 0.25) is 0 Å². The van der Waals surface area contributed by atoms with E-state index < -0.39 is 0 Å². The van der Waals surface area contributed by atoms with Crippen molar-refractivity contribution in [1.82, 2.24) is 15.0 Å². The van der Waals surface area contributed by atoms with Crippen LogP contribution in [0.3, 0.4) is 0 Å². The number of fused-ring (bicyclic) bond motifs is 1. The molecule has 4 rings (SSSR count). The second-order valence-electron chi connectivity index (χ2n) is 6.93. The van der Waals surface area contributed by atoms with E-state index in [4.69, 9.17) is 9.97 Å². The molecule has 0 bridgehead atoms. The molecule has 2 aromatic heterocycles. The normalized spacial score (nSPS) is 20.0. The highest BCUT2D eigenvalue weighted by molar-refractivity contribution is 5.91. The Balaban J connectivity index is 1.79. The SMILES string of the molecule is OCCC1(CO)CCN(c2nc(-c3ccncc3)nc3ccccc23)C1. The molecule has 1 unspecified atom stereocenters. The zero-order valence-electron chi connectivity index (χ0n) is 14.5. The number of para-hydroxylation sites is 1. The molecule has 0 saturated carbocycles. The molecule has 3 heterocycles. The summed E-state index contributed by atoms with van der Waals surface area (Å²) in [5, 5.41) is 20.3. The second kappa shape index (κ2) is 6.97. The molecule has 134 valence electrons. The molecular formula is C20H22N4O2. The molecule has 6 heteroatoms. The third kappa shape index (κ3) is 3.02. The summed E-state index contributed by atoms with van der Waals surface area (Å²) in [4.78, 5) is 15.8. The molecule has 3 aromatic rings. The van der Waals surface area contributed by atoms with E-state index in [1.54, 1.807) is 12.4 Å². The van der Waals surface area contributed by atoms with E-state index in [0.29, 0.717) is 18.8 Å². The van der Waals surface area contributed by atoms with Crippen LogP contribution in [0.5, 0.6) is 0 Å². The van der Waals surface area contributed by atoms with Gasteiger partial charge in [0.25, 0.3) is 0 Å². The van der Waals surface area contributed by atoms with Gasteiger partial charge in [0.1, 0.15) is 5.82 Å². The molecular weight excluding hydrogens is 328 g/mol. The van der Waals surface area contributed by atoms with Gasteiger partial charge < -0.3 is 15.1 Å². The van der Waals surface area contributed by atoms with E-state index in [-0.39, 0.29) is 18.6 Å². The number of hydrogen-bond acceptors (Lipinski definition) is 6. The van der Waals surface area contributed by atoms with Gasteiger partial charge in [-0.15, -0.1) is 0 Å². The first-order chi connectivity index (χ1) is 12.7. The standard InChI is InChI=1S/C20H22N4O2/c25-12-8-20(14-26)7-11-24(13-20)19-16-3-1-2-4-17(16)22-18(23-19)15-5-9-21-10-6-15/h1-6,9-10,25-26H,7-8,11-14H2. The minimum atomic E-state index is -0.266. The number of aliphatic hydroxyl groups excluding tert-OH is 2. The molecule has 26 heavy (non-hydrogen) atoms. The Morgan fingerprint density at radius 1 is 1.04 bits per heavy atom. The number of aliphatic hydroxyl groups is 2. The van der Waals surface area contributed by atoms with Gasteiger partial charge in [-0.05, 0) is 37.1 Å². The number of nitrogens with zero attached hydrogens (tertiary/aromatic N) is 4. The predicted octanol–water partition coefficient (Wildman–Crippen LogP) is 2.26. The summed E-state index contributed by atoms with van der Waals surface area (Å²) in [6, 6.07) is 11.8. The van der Waals surface area contributed by atoms with Crippen molar-refractivity contribution in [2.24, 2.45) is 5.41 Å². The molecule has 6 nitrogen and oxygen atoms in total. The van der Waals surface area contributed by atoms with Crippen LogP contribution in [0.2, 0.25) is 0 Å². The Morgan fingerprint density at radius 2 is 1.85 bits per heavy atom. The lowest BCUT2D eigenvalue weighted by molar-refractivity contribution is 0.109. The molecule has 1 atom stereocenters. The molecule has 1 saturated heterocycles. The molecule has 0 amide bonds. The lowest BCUT2D eigenvalue weighted by Crippen LogP contribution is -2.32. The molecule has 1 aliphatic heterocycles. The minimum Gasteiger partial charge on any atom is -0.396 e. The Bertz CT molecular complexity index is 903. The maximum atomic E-state index is 9.88. The number of anilines is 1. The molecule has 0 aliphatic carbocycles. The number of hydrogen-bond donors (Lipinski definition) is 2. The van der Waals surface area contributed by atoms with E-state index in [0.717, 1.165) is 35.2 Å². The van der Waals surface area contributed by atoms with Crippen LogP contribution in [0.4, 0.5) is 5.82 Å². The summed E-state index contributed by atoms with van der Waals surface area (Å²) in [7, 11) is 0. The highest BCUT2D eigenvalue weighted by Crippen LogP contribution is 2.38. The van der Waals surface area contributed by atoms with Crippen molar-refractivity contribution in [3.63, 3.8) is 0 Å². The summed E-state index contributed by atoms with van der Waals surface area (Å²) in [5.74, 6) is 1.56. The summed E-state index contributed by atoms with van der Waals surface area (Å²) in [6.45, 7) is 1.64. The topological polar surface area (TPSA) is 82.4 Å². The molecule has 0 spiro atoms. The van der Waals surface area contributed by atoms with Gasteiger partial charge in [0, 0.05) is 48.5 Å². The van der Waals surface area contributed by atoms with Crippen LogP contribution in [0.1, 0.15) is 12.8 Å². The molecule has 1 aliphatic rings. The summed E-state index contributed by atoms with van der Waals surface area (Å²) in [5.41, 5.74) is 1.56. The average molecular weight is 350 g/mol. The van der Waals surface area contributed by atoms with Crippen molar-refractivity contribution < 1.29 is 10.2 Å². The predicted molar refractivity (Wildman–Crippen MR) is 101 cm³/mol. The van der Waals surface area contributed by atoms with Crippen LogP contribution in [-0.4, -0.2) is 51.5 Å². The van der Waals surface area contributed by atoms with Crippen LogP contribution in [0, 0.1) is 5.41 Å². The number of aromatic nitrogens is 3. The molecule has 1 fully saturated rings. The number of rotatable bonds is 5. The van der Waals surface area contributed by atoms with E-state index in [1.807, 2.05) is 36.4 Å². The third-order valence-corrected chi connectivity index (χ3v) is 5.24. The van der Waals surface area contributed by atoms with Gasteiger partial charge in [0.05, 0.1) is 12.1 Å². The largest absolute Gasteiger partial charge is 0.396 e. The Hall–Kier alpha value is -2.57. The minimum absolute atomic E-state index is 0.0737. The smallest absolute Gasteiger partial charge is 0.162 e. The van der Waals surface area contributed by atoms with Crippen LogP contribution < -0.4 is 4.90 Å². The fourth-order valence-corrected chi connectivity index (χ4v) is 3.70. The number of pyridine rings is 1. The van der Waals surface area contributed by atoms with Crippen molar-refractivity contribution in [2.75, 3.05) is 31.2 Å². The Morgan fingerprint density at radius 3 is 2.62 bits per heavy atom. The first-order valence-corrected chi connectivity index (χ1v) is 8.88. The Labute approximate surface area is 152 Å². The van der Waals surface area contributed by atoms with Crippen molar-refractivity contribution in [3.05, 3.63) is 48.8 Å². The summed E-state index contributed by atoms with van der Waals surface area (Å²) < 4.78 is 0. The zero-order valence-corrected chi connectivity index (χ0v) is 14.5. The monoisotopic (exact) mass is 350 g/mol. The van der Waals surface area contributed by atoms with E-state index in [9.17, 15) is 10.2 Å². The average Bonchev–Trinajstić information content (AvgIpc) is 3.12. The van der Waals surface area contributed by atoms with Gasteiger partial charge in [-0.3, -0.25) is 4.98 Å². The van der Waals surface area contributed by atoms with Crippen LogP contribution in [0.15, 0.2) is 48.8 Å². The maximum Gasteiger partial charge on any atom is 0.162 e. The first-order valence-electron chi connectivity index (χ1n) is 8.88. The van der Waals surface area contributed by atoms with Crippen molar-refractivity contribution in [3.8, 4) is 11.4 Å². The van der Waals surface area contributed by atoms with Crippen LogP contribution in [-0.2, 0) is 0 Å². The first kappa shape index (κ1) is 16.9. The highest BCUT2D eigenvalue weighted by atomic mass is 16.3. The van der Waals surface area contributed by atoms with E-state index >= 15 is 0 Å². The fourth-order valence-electron chi connectivity index (χ4n) is 3.70. The van der Waals surface area contributed by atoms with E-state index in [1.165, 1.54) is 0 Å². The fraction of sp³-hybridized carbons (Fsp3) is 0.350.